The number of benzene rings is 1. The van der Waals surface area contributed by atoms with E-state index in [4.69, 9.17) is 4.98 Å². The Morgan fingerprint density at radius 3 is 2.61 bits per heavy atom. The Hall–Kier alpha value is -4.90. The number of rotatable bonds is 9. The molecule has 4 N–H and O–H groups in total. The van der Waals surface area contributed by atoms with Crippen molar-refractivity contribution >= 4 is 33.3 Å². The van der Waals surface area contributed by atoms with Crippen LogP contribution in [0, 0.1) is 5.82 Å². The summed E-state index contributed by atoms with van der Waals surface area (Å²) in [6, 6.07) is 11.0. The minimum Gasteiger partial charge on any atom is -0.384 e. The molecule has 0 aliphatic rings. The van der Waals surface area contributed by atoms with Crippen LogP contribution in [0.4, 0.5) is 15.8 Å². The van der Waals surface area contributed by atoms with E-state index in [1.807, 2.05) is 38.4 Å². The smallest absolute Gasteiger partial charge is 0.159 e. The molecule has 6 rings (SSSR count). The second-order valence-electron chi connectivity index (χ2n) is 10.5. The summed E-state index contributed by atoms with van der Waals surface area (Å²) in [6.07, 6.45) is 7.05. The first kappa shape index (κ1) is 26.3. The second-order valence-corrected chi connectivity index (χ2v) is 10.5. The van der Waals surface area contributed by atoms with Gasteiger partial charge in [0.1, 0.15) is 17.0 Å². The normalized spacial score (nSPS) is 11.7. The Morgan fingerprint density at radius 1 is 0.927 bits per heavy atom. The molecule has 0 amide bonds. The summed E-state index contributed by atoms with van der Waals surface area (Å²) < 4.78 is 14.6. The van der Waals surface area contributed by atoms with E-state index in [9.17, 15) is 4.39 Å². The lowest BCUT2D eigenvalue weighted by molar-refractivity contribution is 0.425. The predicted molar refractivity (Wildman–Crippen MR) is 161 cm³/mol. The maximum Gasteiger partial charge on any atom is 0.159 e. The monoisotopic (exact) mass is 550 g/mol. The highest BCUT2D eigenvalue weighted by molar-refractivity contribution is 5.97. The molecule has 5 heterocycles. The van der Waals surface area contributed by atoms with Crippen molar-refractivity contribution in [3.05, 3.63) is 67.0 Å². The molecule has 0 aliphatic carbocycles. The van der Waals surface area contributed by atoms with E-state index in [0.29, 0.717) is 40.5 Å². The zero-order valence-electron chi connectivity index (χ0n) is 23.3. The molecule has 0 spiro atoms. The zero-order valence-corrected chi connectivity index (χ0v) is 23.3. The highest BCUT2D eigenvalue weighted by Gasteiger charge is 2.18. The van der Waals surface area contributed by atoms with Crippen LogP contribution in [0.2, 0.25) is 0 Å². The molecule has 0 saturated carbocycles. The van der Waals surface area contributed by atoms with Crippen molar-refractivity contribution < 1.29 is 4.39 Å². The minimum absolute atomic E-state index is 0.286. The van der Waals surface area contributed by atoms with Crippen molar-refractivity contribution in [2.24, 2.45) is 0 Å². The Labute approximate surface area is 236 Å². The van der Waals surface area contributed by atoms with Gasteiger partial charge in [-0.3, -0.25) is 20.1 Å². The quantitative estimate of drug-likeness (QED) is 0.185. The molecule has 208 valence electrons. The van der Waals surface area contributed by atoms with E-state index in [1.165, 1.54) is 12.1 Å². The average Bonchev–Trinajstić information content (AvgIpc) is 3.56. The summed E-state index contributed by atoms with van der Waals surface area (Å²) in [5.74, 6) is 0.233. The standard InChI is InChI=1S/C30H31FN10/c1-17(2)36-22-11-19(14-32-15-22)25-13-23-26(16-35-25)39-40-28(23)30-37-24-5-6-34-27(29(24)38-30)18-9-20(31)12-21(10-18)33-7-8-41(3)4/h5-6,9-17,33,36H,7-8H2,1-4H3,(H,37,38)(H,39,40). The number of hydrogen-bond donors (Lipinski definition) is 4. The van der Waals surface area contributed by atoms with Crippen LogP contribution >= 0.6 is 0 Å². The van der Waals surface area contributed by atoms with Gasteiger partial charge in [0.25, 0.3) is 0 Å². The third kappa shape index (κ3) is 5.57. The van der Waals surface area contributed by atoms with Gasteiger partial charge in [0, 0.05) is 59.9 Å². The van der Waals surface area contributed by atoms with Gasteiger partial charge >= 0.3 is 0 Å². The number of likely N-dealkylation sites (N-methyl/N-ethyl adjacent to an activating group) is 1. The van der Waals surface area contributed by atoms with Crippen LogP contribution in [0.3, 0.4) is 0 Å². The number of aromatic nitrogens is 7. The van der Waals surface area contributed by atoms with E-state index in [0.717, 1.165) is 39.9 Å². The van der Waals surface area contributed by atoms with Crippen LogP contribution in [0.15, 0.2) is 61.2 Å². The van der Waals surface area contributed by atoms with Crippen LogP contribution in [0.5, 0.6) is 0 Å². The largest absolute Gasteiger partial charge is 0.384 e. The van der Waals surface area contributed by atoms with E-state index in [1.54, 1.807) is 24.8 Å². The van der Waals surface area contributed by atoms with Crippen molar-refractivity contribution in [1.29, 1.82) is 0 Å². The lowest BCUT2D eigenvalue weighted by Crippen LogP contribution is -2.20. The highest BCUT2D eigenvalue weighted by Crippen LogP contribution is 2.33. The van der Waals surface area contributed by atoms with E-state index in [2.05, 4.69) is 59.5 Å². The molecule has 11 heteroatoms. The van der Waals surface area contributed by atoms with Crippen molar-refractivity contribution in [3.63, 3.8) is 0 Å². The molecular weight excluding hydrogens is 519 g/mol. The third-order valence-electron chi connectivity index (χ3n) is 6.62. The second kappa shape index (κ2) is 10.9. The molecule has 6 aromatic rings. The Bertz CT molecular complexity index is 1840. The van der Waals surface area contributed by atoms with Crippen molar-refractivity contribution in [1.82, 2.24) is 40.0 Å². The van der Waals surface area contributed by atoms with Gasteiger partial charge in [0.15, 0.2) is 5.82 Å². The fraction of sp³-hybridized carbons (Fsp3) is 0.233. The third-order valence-corrected chi connectivity index (χ3v) is 6.62. The highest BCUT2D eigenvalue weighted by atomic mass is 19.1. The molecule has 0 fully saturated rings. The number of fused-ring (bicyclic) bond motifs is 2. The Morgan fingerprint density at radius 2 is 1.78 bits per heavy atom. The van der Waals surface area contributed by atoms with Gasteiger partial charge in [0.05, 0.1) is 34.3 Å². The van der Waals surface area contributed by atoms with Crippen molar-refractivity contribution in [3.8, 4) is 34.0 Å². The lowest BCUT2D eigenvalue weighted by Gasteiger charge is -2.12. The van der Waals surface area contributed by atoms with E-state index >= 15 is 0 Å². The first-order chi connectivity index (χ1) is 19.8. The van der Waals surface area contributed by atoms with Gasteiger partial charge in [-0.2, -0.15) is 5.10 Å². The molecule has 0 unspecified atom stereocenters. The zero-order chi connectivity index (χ0) is 28.5. The van der Waals surface area contributed by atoms with Crippen molar-refractivity contribution in [2.75, 3.05) is 37.8 Å². The molecule has 41 heavy (non-hydrogen) atoms. The molecule has 5 aromatic heterocycles. The summed E-state index contributed by atoms with van der Waals surface area (Å²) in [5, 5.41) is 15.1. The molecule has 0 bridgehead atoms. The summed E-state index contributed by atoms with van der Waals surface area (Å²) in [7, 11) is 4.00. The number of imidazole rings is 1. The van der Waals surface area contributed by atoms with E-state index in [-0.39, 0.29) is 11.9 Å². The summed E-state index contributed by atoms with van der Waals surface area (Å²) in [4.78, 5) is 23.9. The van der Waals surface area contributed by atoms with Crippen molar-refractivity contribution in [2.45, 2.75) is 19.9 Å². The number of anilines is 2. The van der Waals surface area contributed by atoms with Gasteiger partial charge in [-0.25, -0.2) is 9.37 Å². The fourth-order valence-electron chi connectivity index (χ4n) is 4.76. The maximum atomic E-state index is 14.6. The fourth-order valence-corrected chi connectivity index (χ4v) is 4.76. The number of pyridine rings is 3. The number of halogens is 1. The van der Waals surface area contributed by atoms with Gasteiger partial charge < -0.3 is 20.5 Å². The van der Waals surface area contributed by atoms with Crippen LogP contribution in [-0.4, -0.2) is 73.2 Å². The number of nitrogens with zero attached hydrogens (tertiary/aromatic N) is 6. The molecule has 0 saturated heterocycles. The van der Waals surface area contributed by atoms with Gasteiger partial charge in [-0.15, -0.1) is 0 Å². The maximum absolute atomic E-state index is 14.6. The summed E-state index contributed by atoms with van der Waals surface area (Å²) in [6.45, 7) is 5.69. The molecular formula is C30H31FN10. The minimum atomic E-state index is -0.343. The van der Waals surface area contributed by atoms with Crippen LogP contribution < -0.4 is 10.6 Å². The average molecular weight is 551 g/mol. The number of aromatic amines is 2. The molecule has 0 atom stereocenters. The van der Waals surface area contributed by atoms with Crippen LogP contribution in [0.1, 0.15) is 13.8 Å². The van der Waals surface area contributed by atoms with E-state index < -0.39 is 0 Å². The summed E-state index contributed by atoms with van der Waals surface area (Å²) in [5.41, 5.74) is 7.35. The summed E-state index contributed by atoms with van der Waals surface area (Å²) >= 11 is 0. The number of hydrogen-bond acceptors (Lipinski definition) is 8. The van der Waals surface area contributed by atoms with Crippen LogP contribution in [-0.2, 0) is 0 Å². The molecule has 0 aliphatic heterocycles. The topological polar surface area (TPSA) is 123 Å². The van der Waals surface area contributed by atoms with Gasteiger partial charge in [0.2, 0.25) is 0 Å². The van der Waals surface area contributed by atoms with Gasteiger partial charge in [-0.1, -0.05) is 0 Å². The lowest BCUT2D eigenvalue weighted by atomic mass is 10.1. The van der Waals surface area contributed by atoms with Crippen LogP contribution in [0.25, 0.3) is 56.0 Å². The molecule has 0 radical (unpaired) electrons. The Balaban J connectivity index is 1.37. The molecule has 1 aromatic carbocycles. The van der Waals surface area contributed by atoms with Gasteiger partial charge in [-0.05, 0) is 64.3 Å². The molecule has 10 nitrogen and oxygen atoms in total. The number of nitrogens with one attached hydrogen (secondary N) is 4. The Kier molecular flexibility index (Phi) is 7.02. The SMILES string of the molecule is CC(C)Nc1cncc(-c2cc3c(-c4nc5c(-c6cc(F)cc(NCCN(C)C)c6)nccc5[nH]4)n[nH]c3cn2)c1. The number of H-pyrrole nitrogens is 2. The first-order valence-electron chi connectivity index (χ1n) is 13.4. The first-order valence-corrected chi connectivity index (χ1v) is 13.4. The predicted octanol–water partition coefficient (Wildman–Crippen LogP) is 5.56.